The molecule has 1 aromatic rings. The number of aromatic hydroxyl groups is 1. The molecular weight excluding hydrogens is 196 g/mol. The summed E-state index contributed by atoms with van der Waals surface area (Å²) in [6.45, 7) is 2.01. The van der Waals surface area contributed by atoms with Crippen LogP contribution in [0.4, 0.5) is 0 Å². The number of hydrogen-bond donors (Lipinski definition) is 3. The van der Waals surface area contributed by atoms with Gasteiger partial charge in [-0.1, -0.05) is 6.92 Å². The SMILES string of the molecule is CCCOc1cc(CO)c(O)c(CO)c1. The van der Waals surface area contributed by atoms with Gasteiger partial charge in [0, 0.05) is 11.1 Å². The largest absolute Gasteiger partial charge is 0.507 e. The van der Waals surface area contributed by atoms with Crippen LogP contribution in [0.1, 0.15) is 24.5 Å². The lowest BCUT2D eigenvalue weighted by atomic mass is 10.1. The number of ether oxygens (including phenoxy) is 1. The minimum atomic E-state index is -0.276. The maximum absolute atomic E-state index is 9.56. The minimum Gasteiger partial charge on any atom is -0.507 e. The number of aliphatic hydroxyl groups excluding tert-OH is 2. The fraction of sp³-hybridized carbons (Fsp3) is 0.455. The molecule has 0 saturated heterocycles. The molecule has 0 aliphatic carbocycles. The summed E-state index contributed by atoms with van der Waals surface area (Å²) in [5.41, 5.74) is 0.736. The molecule has 15 heavy (non-hydrogen) atoms. The van der Waals surface area contributed by atoms with Gasteiger partial charge in [-0.25, -0.2) is 0 Å². The summed E-state index contributed by atoms with van der Waals surface area (Å²) in [6, 6.07) is 3.15. The summed E-state index contributed by atoms with van der Waals surface area (Å²) in [6.07, 6.45) is 0.879. The third-order valence-corrected chi connectivity index (χ3v) is 2.05. The zero-order valence-electron chi connectivity index (χ0n) is 8.73. The first-order valence-corrected chi connectivity index (χ1v) is 4.92. The molecule has 0 fully saturated rings. The van der Waals surface area contributed by atoms with Crippen molar-refractivity contribution >= 4 is 0 Å². The Morgan fingerprint density at radius 1 is 1.13 bits per heavy atom. The Morgan fingerprint density at radius 3 is 2.07 bits per heavy atom. The van der Waals surface area contributed by atoms with Crippen molar-refractivity contribution in [2.75, 3.05) is 6.61 Å². The summed E-state index contributed by atoms with van der Waals surface area (Å²) in [5, 5.41) is 27.5. The number of phenols is 1. The number of benzene rings is 1. The molecule has 84 valence electrons. The van der Waals surface area contributed by atoms with Gasteiger partial charge in [-0.15, -0.1) is 0 Å². The van der Waals surface area contributed by atoms with Crippen LogP contribution >= 0.6 is 0 Å². The maximum atomic E-state index is 9.56. The van der Waals surface area contributed by atoms with Crippen LogP contribution in [0.2, 0.25) is 0 Å². The van der Waals surface area contributed by atoms with Crippen LogP contribution in [0.3, 0.4) is 0 Å². The number of hydrogen-bond acceptors (Lipinski definition) is 4. The molecule has 0 aromatic heterocycles. The van der Waals surface area contributed by atoms with E-state index in [1.54, 1.807) is 12.1 Å². The number of aliphatic hydroxyl groups is 2. The Morgan fingerprint density at radius 2 is 1.67 bits per heavy atom. The molecule has 0 aliphatic rings. The van der Waals surface area contributed by atoms with E-state index >= 15 is 0 Å². The van der Waals surface area contributed by atoms with Crippen molar-refractivity contribution < 1.29 is 20.1 Å². The van der Waals surface area contributed by atoms with Crippen LogP contribution in [0.5, 0.6) is 11.5 Å². The molecule has 4 heteroatoms. The van der Waals surface area contributed by atoms with Gasteiger partial charge in [-0.3, -0.25) is 0 Å². The first kappa shape index (κ1) is 11.8. The second-order valence-corrected chi connectivity index (χ2v) is 3.25. The molecule has 4 nitrogen and oxygen atoms in total. The van der Waals surface area contributed by atoms with Crippen LogP contribution < -0.4 is 4.74 Å². The molecule has 0 spiro atoms. The summed E-state index contributed by atoms with van der Waals surface area (Å²) in [7, 11) is 0. The van der Waals surface area contributed by atoms with Gasteiger partial charge in [0.2, 0.25) is 0 Å². The number of rotatable bonds is 5. The van der Waals surface area contributed by atoms with Crippen molar-refractivity contribution in [2.24, 2.45) is 0 Å². The van der Waals surface area contributed by atoms with Gasteiger partial charge in [0.05, 0.1) is 19.8 Å². The van der Waals surface area contributed by atoms with Crippen LogP contribution in [0.15, 0.2) is 12.1 Å². The van der Waals surface area contributed by atoms with E-state index in [4.69, 9.17) is 14.9 Å². The molecule has 1 aromatic carbocycles. The van der Waals surface area contributed by atoms with E-state index in [1.807, 2.05) is 6.92 Å². The first-order valence-electron chi connectivity index (χ1n) is 4.92. The molecule has 0 amide bonds. The van der Waals surface area contributed by atoms with Crippen molar-refractivity contribution in [3.63, 3.8) is 0 Å². The van der Waals surface area contributed by atoms with E-state index in [0.717, 1.165) is 6.42 Å². The lowest BCUT2D eigenvalue weighted by Crippen LogP contribution is -1.98. The van der Waals surface area contributed by atoms with Crippen molar-refractivity contribution in [1.29, 1.82) is 0 Å². The van der Waals surface area contributed by atoms with E-state index in [0.29, 0.717) is 23.5 Å². The average molecular weight is 212 g/mol. The van der Waals surface area contributed by atoms with E-state index in [-0.39, 0.29) is 19.0 Å². The highest BCUT2D eigenvalue weighted by Gasteiger charge is 2.09. The molecule has 3 N–H and O–H groups in total. The second-order valence-electron chi connectivity index (χ2n) is 3.25. The third kappa shape index (κ3) is 2.84. The molecular formula is C11H16O4. The molecule has 0 bridgehead atoms. The average Bonchev–Trinajstić information content (AvgIpc) is 2.27. The molecule has 0 aliphatic heterocycles. The highest BCUT2D eigenvalue weighted by atomic mass is 16.5. The van der Waals surface area contributed by atoms with Gasteiger partial charge in [0.1, 0.15) is 11.5 Å². The van der Waals surface area contributed by atoms with Gasteiger partial charge in [-0.2, -0.15) is 0 Å². The predicted octanol–water partition coefficient (Wildman–Crippen LogP) is 1.17. The summed E-state index contributed by atoms with van der Waals surface area (Å²) in [5.74, 6) is 0.492. The van der Waals surface area contributed by atoms with E-state index < -0.39 is 0 Å². The van der Waals surface area contributed by atoms with Gasteiger partial charge in [-0.05, 0) is 18.6 Å². The molecule has 1 rings (SSSR count). The lowest BCUT2D eigenvalue weighted by Gasteiger charge is -2.11. The summed E-state index contributed by atoms with van der Waals surface area (Å²) in [4.78, 5) is 0. The topological polar surface area (TPSA) is 69.9 Å². The van der Waals surface area contributed by atoms with Crippen LogP contribution in [-0.4, -0.2) is 21.9 Å². The zero-order valence-corrected chi connectivity index (χ0v) is 8.73. The van der Waals surface area contributed by atoms with E-state index in [2.05, 4.69) is 0 Å². The predicted molar refractivity (Wildman–Crippen MR) is 55.7 cm³/mol. The maximum Gasteiger partial charge on any atom is 0.126 e. The smallest absolute Gasteiger partial charge is 0.126 e. The van der Waals surface area contributed by atoms with Crippen LogP contribution in [0.25, 0.3) is 0 Å². The van der Waals surface area contributed by atoms with Gasteiger partial charge < -0.3 is 20.1 Å². The Labute approximate surface area is 88.8 Å². The third-order valence-electron chi connectivity index (χ3n) is 2.05. The highest BCUT2D eigenvalue weighted by Crippen LogP contribution is 2.28. The van der Waals surface area contributed by atoms with E-state index in [9.17, 15) is 5.11 Å². The Balaban J connectivity index is 2.98. The zero-order chi connectivity index (χ0) is 11.3. The summed E-state index contributed by atoms with van der Waals surface area (Å²) >= 11 is 0. The quantitative estimate of drug-likeness (QED) is 0.685. The second kappa shape index (κ2) is 5.58. The molecule has 0 unspecified atom stereocenters. The van der Waals surface area contributed by atoms with Gasteiger partial charge in [0.15, 0.2) is 0 Å². The molecule has 0 atom stereocenters. The fourth-order valence-corrected chi connectivity index (χ4v) is 1.27. The Hall–Kier alpha value is -1.26. The molecule has 0 saturated carbocycles. The van der Waals surface area contributed by atoms with Crippen LogP contribution in [-0.2, 0) is 13.2 Å². The minimum absolute atomic E-state index is 0.0659. The highest BCUT2D eigenvalue weighted by molar-refractivity contribution is 5.45. The van der Waals surface area contributed by atoms with Gasteiger partial charge in [0.25, 0.3) is 0 Å². The first-order chi connectivity index (χ1) is 7.22. The van der Waals surface area contributed by atoms with Crippen molar-refractivity contribution in [1.82, 2.24) is 0 Å². The summed E-state index contributed by atoms with van der Waals surface area (Å²) < 4.78 is 5.36. The normalized spacial score (nSPS) is 10.3. The molecule has 0 heterocycles. The van der Waals surface area contributed by atoms with Crippen molar-refractivity contribution in [3.8, 4) is 11.5 Å². The monoisotopic (exact) mass is 212 g/mol. The van der Waals surface area contributed by atoms with Crippen molar-refractivity contribution in [3.05, 3.63) is 23.3 Å². The fourth-order valence-electron chi connectivity index (χ4n) is 1.27. The Kier molecular flexibility index (Phi) is 4.39. The standard InChI is InChI=1S/C11H16O4/c1-2-3-15-10-4-8(6-12)11(14)9(5-10)7-13/h4-5,12-14H,2-3,6-7H2,1H3. The Bertz CT molecular complexity index is 297. The lowest BCUT2D eigenvalue weighted by molar-refractivity contribution is 0.259. The van der Waals surface area contributed by atoms with E-state index in [1.165, 1.54) is 0 Å². The molecule has 0 radical (unpaired) electrons. The van der Waals surface area contributed by atoms with Crippen molar-refractivity contribution in [2.45, 2.75) is 26.6 Å². The van der Waals surface area contributed by atoms with Crippen LogP contribution in [0, 0.1) is 0 Å². The van der Waals surface area contributed by atoms with Gasteiger partial charge >= 0.3 is 0 Å².